The molecule has 0 radical (unpaired) electrons. The van der Waals surface area contributed by atoms with Crippen LogP contribution in [0, 0.1) is 6.92 Å². The van der Waals surface area contributed by atoms with Gasteiger partial charge in [-0.15, -0.1) is 0 Å². The molecule has 0 spiro atoms. The van der Waals surface area contributed by atoms with Gasteiger partial charge in [0.2, 0.25) is 0 Å². The van der Waals surface area contributed by atoms with Gasteiger partial charge in [0.25, 0.3) is 0 Å². The average Bonchev–Trinajstić information content (AvgIpc) is 2.48. The van der Waals surface area contributed by atoms with Crippen LogP contribution in [-0.4, -0.2) is 42.9 Å². The minimum absolute atomic E-state index is 0.0903. The van der Waals surface area contributed by atoms with E-state index < -0.39 is 0 Å². The molecule has 1 N–H and O–H groups in total. The number of hydrogen-bond donors (Lipinski definition) is 1. The van der Waals surface area contributed by atoms with Crippen molar-refractivity contribution in [1.82, 2.24) is 4.90 Å². The fourth-order valence-corrected chi connectivity index (χ4v) is 3.71. The first-order valence-electron chi connectivity index (χ1n) is 7.98. The summed E-state index contributed by atoms with van der Waals surface area (Å²) in [4.78, 5) is 2.24. The van der Waals surface area contributed by atoms with Gasteiger partial charge in [0.05, 0.1) is 13.2 Å². The molecular formula is C18H29NO2. The van der Waals surface area contributed by atoms with Gasteiger partial charge in [-0.2, -0.15) is 0 Å². The summed E-state index contributed by atoms with van der Waals surface area (Å²) in [6.07, 6.45) is 6.16. The SMILES string of the molecule is COc1ccc(C)cc1CC(O)C1(N(C)C)CCCCC1. The largest absolute Gasteiger partial charge is 0.496 e. The van der Waals surface area contributed by atoms with Gasteiger partial charge >= 0.3 is 0 Å². The number of likely N-dealkylation sites (N-methyl/N-ethyl adjacent to an activating group) is 1. The second-order valence-electron chi connectivity index (χ2n) is 6.59. The summed E-state index contributed by atoms with van der Waals surface area (Å²) < 4.78 is 5.46. The molecule has 0 bridgehead atoms. The summed E-state index contributed by atoms with van der Waals surface area (Å²) in [5.41, 5.74) is 2.23. The molecule has 0 aromatic heterocycles. The van der Waals surface area contributed by atoms with Gasteiger partial charge in [-0.1, -0.05) is 37.0 Å². The van der Waals surface area contributed by atoms with Crippen molar-refractivity contribution in [2.24, 2.45) is 0 Å². The zero-order valence-corrected chi connectivity index (χ0v) is 13.9. The number of rotatable bonds is 5. The van der Waals surface area contributed by atoms with Crippen LogP contribution in [0.2, 0.25) is 0 Å². The standard InChI is InChI=1S/C18H29NO2/c1-14-8-9-16(21-4)15(12-14)13-17(20)18(19(2)3)10-6-5-7-11-18/h8-9,12,17,20H,5-7,10-11,13H2,1-4H3. The lowest BCUT2D eigenvalue weighted by molar-refractivity contribution is -0.0312. The molecule has 118 valence electrons. The highest BCUT2D eigenvalue weighted by molar-refractivity contribution is 5.37. The molecule has 1 fully saturated rings. The molecule has 0 amide bonds. The van der Waals surface area contributed by atoms with E-state index >= 15 is 0 Å². The number of benzene rings is 1. The van der Waals surface area contributed by atoms with Crippen molar-refractivity contribution in [3.8, 4) is 5.75 Å². The fraction of sp³-hybridized carbons (Fsp3) is 0.667. The molecule has 21 heavy (non-hydrogen) atoms. The van der Waals surface area contributed by atoms with Crippen molar-refractivity contribution in [2.75, 3.05) is 21.2 Å². The molecule has 3 heteroatoms. The van der Waals surface area contributed by atoms with E-state index in [1.54, 1.807) is 7.11 Å². The maximum atomic E-state index is 11.0. The molecule has 1 saturated carbocycles. The normalized spacial score (nSPS) is 19.5. The van der Waals surface area contributed by atoms with E-state index in [1.807, 2.05) is 6.07 Å². The maximum absolute atomic E-state index is 11.0. The highest BCUT2D eigenvalue weighted by Gasteiger charge is 2.41. The molecule has 1 aromatic carbocycles. The van der Waals surface area contributed by atoms with Crippen LogP contribution >= 0.6 is 0 Å². The van der Waals surface area contributed by atoms with E-state index in [9.17, 15) is 5.11 Å². The van der Waals surface area contributed by atoms with Crippen LogP contribution in [-0.2, 0) is 6.42 Å². The summed E-state index contributed by atoms with van der Waals surface area (Å²) in [6, 6.07) is 6.19. The van der Waals surface area contributed by atoms with Crippen LogP contribution in [0.5, 0.6) is 5.75 Å². The summed E-state index contributed by atoms with van der Waals surface area (Å²) >= 11 is 0. The van der Waals surface area contributed by atoms with E-state index in [4.69, 9.17) is 4.74 Å². The number of nitrogens with zero attached hydrogens (tertiary/aromatic N) is 1. The van der Waals surface area contributed by atoms with Crippen LogP contribution in [0.3, 0.4) is 0 Å². The Hall–Kier alpha value is -1.06. The number of ether oxygens (including phenoxy) is 1. The topological polar surface area (TPSA) is 32.7 Å². The van der Waals surface area contributed by atoms with Crippen molar-refractivity contribution < 1.29 is 9.84 Å². The third-order valence-electron chi connectivity index (χ3n) is 5.08. The molecule has 1 aliphatic carbocycles. The Morgan fingerprint density at radius 2 is 1.90 bits per heavy atom. The lowest BCUT2D eigenvalue weighted by atomic mass is 9.75. The molecular weight excluding hydrogens is 262 g/mol. The smallest absolute Gasteiger partial charge is 0.122 e. The van der Waals surface area contributed by atoms with Gasteiger partial charge in [-0.3, -0.25) is 0 Å². The van der Waals surface area contributed by atoms with Gasteiger partial charge in [0.1, 0.15) is 5.75 Å². The third-order valence-corrected chi connectivity index (χ3v) is 5.08. The molecule has 1 aliphatic rings. The van der Waals surface area contributed by atoms with Crippen molar-refractivity contribution in [2.45, 2.75) is 57.1 Å². The Kier molecular flexibility index (Phi) is 5.28. The van der Waals surface area contributed by atoms with Crippen LogP contribution in [0.15, 0.2) is 18.2 Å². The predicted octanol–water partition coefficient (Wildman–Crippen LogP) is 3.17. The minimum atomic E-state index is -0.358. The van der Waals surface area contributed by atoms with Crippen LogP contribution in [0.1, 0.15) is 43.2 Å². The summed E-state index contributed by atoms with van der Waals surface area (Å²) in [5.74, 6) is 0.879. The lowest BCUT2D eigenvalue weighted by Gasteiger charge is -2.46. The Morgan fingerprint density at radius 1 is 1.24 bits per heavy atom. The van der Waals surface area contributed by atoms with Gasteiger partial charge in [-0.05, 0) is 45.5 Å². The Morgan fingerprint density at radius 3 is 2.48 bits per heavy atom. The molecule has 0 heterocycles. The Labute approximate surface area is 128 Å². The number of hydrogen-bond acceptors (Lipinski definition) is 3. The molecule has 2 rings (SSSR count). The summed E-state index contributed by atoms with van der Waals surface area (Å²) in [7, 11) is 5.90. The van der Waals surface area contributed by atoms with E-state index in [-0.39, 0.29) is 11.6 Å². The zero-order chi connectivity index (χ0) is 15.5. The van der Waals surface area contributed by atoms with E-state index in [1.165, 1.54) is 24.8 Å². The highest BCUT2D eigenvalue weighted by atomic mass is 16.5. The first-order valence-corrected chi connectivity index (χ1v) is 7.98. The van der Waals surface area contributed by atoms with Crippen molar-refractivity contribution in [1.29, 1.82) is 0 Å². The van der Waals surface area contributed by atoms with Crippen molar-refractivity contribution in [3.63, 3.8) is 0 Å². The van der Waals surface area contributed by atoms with Gasteiger partial charge < -0.3 is 14.7 Å². The second kappa shape index (κ2) is 6.80. The molecule has 1 atom stereocenters. The van der Waals surface area contributed by atoms with E-state index in [2.05, 4.69) is 38.1 Å². The van der Waals surface area contributed by atoms with E-state index in [0.29, 0.717) is 6.42 Å². The van der Waals surface area contributed by atoms with Crippen molar-refractivity contribution >= 4 is 0 Å². The first-order chi connectivity index (χ1) is 9.99. The molecule has 0 saturated heterocycles. The summed E-state index contributed by atoms with van der Waals surface area (Å²) in [6.45, 7) is 2.08. The number of aliphatic hydroxyl groups is 1. The molecule has 1 unspecified atom stereocenters. The van der Waals surface area contributed by atoms with Gasteiger partial charge in [-0.25, -0.2) is 0 Å². The van der Waals surface area contributed by atoms with Crippen molar-refractivity contribution in [3.05, 3.63) is 29.3 Å². The van der Waals surface area contributed by atoms with Crippen LogP contribution in [0.25, 0.3) is 0 Å². The Balaban J connectivity index is 2.22. The molecule has 1 aromatic rings. The van der Waals surface area contributed by atoms with E-state index in [0.717, 1.165) is 24.2 Å². The minimum Gasteiger partial charge on any atom is -0.496 e. The Bertz CT molecular complexity index is 464. The van der Waals surface area contributed by atoms with Crippen LogP contribution < -0.4 is 4.74 Å². The quantitative estimate of drug-likeness (QED) is 0.904. The maximum Gasteiger partial charge on any atom is 0.122 e. The van der Waals surface area contributed by atoms with Gasteiger partial charge in [0.15, 0.2) is 0 Å². The summed E-state index contributed by atoms with van der Waals surface area (Å²) in [5, 5.41) is 11.0. The monoisotopic (exact) mass is 291 g/mol. The van der Waals surface area contributed by atoms with Gasteiger partial charge in [0, 0.05) is 12.0 Å². The zero-order valence-electron chi connectivity index (χ0n) is 13.9. The first kappa shape index (κ1) is 16.3. The predicted molar refractivity (Wildman–Crippen MR) is 86.9 cm³/mol. The fourth-order valence-electron chi connectivity index (χ4n) is 3.71. The highest BCUT2D eigenvalue weighted by Crippen LogP contribution is 2.37. The average molecular weight is 291 g/mol. The number of aliphatic hydroxyl groups excluding tert-OH is 1. The van der Waals surface area contributed by atoms with Crippen LogP contribution in [0.4, 0.5) is 0 Å². The number of methoxy groups -OCH3 is 1. The third kappa shape index (κ3) is 3.41. The lowest BCUT2D eigenvalue weighted by Crippen LogP contribution is -2.55. The molecule has 0 aliphatic heterocycles. The second-order valence-corrected chi connectivity index (χ2v) is 6.59. The number of aryl methyl sites for hydroxylation is 1. The molecule has 3 nitrogen and oxygen atoms in total.